The van der Waals surface area contributed by atoms with Gasteiger partial charge in [0.15, 0.2) is 0 Å². The Kier molecular flexibility index (Phi) is 3.30. The van der Waals surface area contributed by atoms with E-state index in [-0.39, 0.29) is 17.2 Å². The molecule has 0 aromatic heterocycles. The molecule has 4 heteroatoms. The lowest BCUT2D eigenvalue weighted by Crippen LogP contribution is -2.41. The molecule has 1 saturated heterocycles. The Bertz CT molecular complexity index is 425. The maximum Gasteiger partial charge on any atom is 0.307 e. The van der Waals surface area contributed by atoms with Crippen LogP contribution in [0.2, 0.25) is 0 Å². The van der Waals surface area contributed by atoms with Gasteiger partial charge in [0.2, 0.25) is 5.91 Å². The number of carboxylic acids is 1. The summed E-state index contributed by atoms with van der Waals surface area (Å²) in [7, 11) is 0. The van der Waals surface area contributed by atoms with Crippen LogP contribution < -0.4 is 0 Å². The summed E-state index contributed by atoms with van der Waals surface area (Å²) in [6.45, 7) is 4.66. The van der Waals surface area contributed by atoms with Crippen molar-refractivity contribution in [3.05, 3.63) is 0 Å². The molecule has 1 unspecified atom stereocenters. The molecule has 0 aromatic rings. The molecular formula is C16H25NO3. The maximum atomic E-state index is 12.8. The van der Waals surface area contributed by atoms with Crippen molar-refractivity contribution in [2.24, 2.45) is 23.2 Å². The zero-order chi connectivity index (χ0) is 14.5. The standard InChI is InChI=1S/C16H25NO3/c1-16(2)12(13(16)15(19)20)14(18)17-9-5-8-11(17)10-6-3-4-7-10/h10-13H,3-9H2,1-2H3,(H,19,20)/t11?,12-,13+/m1/s1. The molecule has 1 heterocycles. The third-order valence-electron chi connectivity index (χ3n) is 5.89. The van der Waals surface area contributed by atoms with E-state index in [0.717, 1.165) is 19.4 Å². The van der Waals surface area contributed by atoms with Crippen LogP contribution in [0.15, 0.2) is 0 Å². The van der Waals surface area contributed by atoms with E-state index >= 15 is 0 Å². The van der Waals surface area contributed by atoms with E-state index in [2.05, 4.69) is 0 Å². The van der Waals surface area contributed by atoms with E-state index in [9.17, 15) is 14.7 Å². The Labute approximate surface area is 120 Å². The molecule has 3 fully saturated rings. The summed E-state index contributed by atoms with van der Waals surface area (Å²) in [6, 6.07) is 0.385. The average molecular weight is 279 g/mol. The van der Waals surface area contributed by atoms with Crippen molar-refractivity contribution in [2.75, 3.05) is 6.54 Å². The molecule has 0 aromatic carbocycles. The summed E-state index contributed by atoms with van der Waals surface area (Å²) in [4.78, 5) is 26.1. The third-order valence-corrected chi connectivity index (χ3v) is 5.89. The third kappa shape index (κ3) is 2.04. The smallest absolute Gasteiger partial charge is 0.307 e. The first-order valence-corrected chi connectivity index (χ1v) is 7.98. The number of hydrogen-bond acceptors (Lipinski definition) is 2. The zero-order valence-electron chi connectivity index (χ0n) is 12.5. The minimum absolute atomic E-state index is 0.108. The Morgan fingerprint density at radius 1 is 1.05 bits per heavy atom. The Morgan fingerprint density at radius 2 is 1.70 bits per heavy atom. The van der Waals surface area contributed by atoms with Crippen molar-refractivity contribution in [1.82, 2.24) is 4.90 Å². The summed E-state index contributed by atoms with van der Waals surface area (Å²) in [5, 5.41) is 9.26. The van der Waals surface area contributed by atoms with Gasteiger partial charge in [-0.2, -0.15) is 0 Å². The molecule has 2 aliphatic carbocycles. The molecule has 3 atom stereocenters. The number of hydrogen-bond donors (Lipinski definition) is 1. The minimum atomic E-state index is -0.815. The van der Waals surface area contributed by atoms with Crippen LogP contribution in [-0.4, -0.2) is 34.5 Å². The monoisotopic (exact) mass is 279 g/mol. The van der Waals surface area contributed by atoms with Crippen LogP contribution in [0.25, 0.3) is 0 Å². The quantitative estimate of drug-likeness (QED) is 0.863. The SMILES string of the molecule is CC1(C)[C@H](C(=O)O)[C@@H]1C(=O)N1CCCC1C1CCCC1. The van der Waals surface area contributed by atoms with Crippen LogP contribution in [-0.2, 0) is 9.59 Å². The molecule has 0 bridgehead atoms. The van der Waals surface area contributed by atoms with E-state index in [1.54, 1.807) is 0 Å². The van der Waals surface area contributed by atoms with Gasteiger partial charge in [0, 0.05) is 12.6 Å². The molecule has 3 rings (SSSR count). The number of carbonyl (C=O) groups excluding carboxylic acids is 1. The van der Waals surface area contributed by atoms with Crippen molar-refractivity contribution < 1.29 is 14.7 Å². The van der Waals surface area contributed by atoms with Gasteiger partial charge in [0.25, 0.3) is 0 Å². The number of nitrogens with zero attached hydrogens (tertiary/aromatic N) is 1. The molecule has 1 amide bonds. The highest BCUT2D eigenvalue weighted by atomic mass is 16.4. The average Bonchev–Trinajstić information content (AvgIpc) is 2.87. The second-order valence-corrected chi connectivity index (χ2v) is 7.40. The predicted molar refractivity (Wildman–Crippen MR) is 75.1 cm³/mol. The summed E-state index contributed by atoms with van der Waals surface area (Å²) >= 11 is 0. The number of carbonyl (C=O) groups is 2. The molecular weight excluding hydrogens is 254 g/mol. The lowest BCUT2D eigenvalue weighted by Gasteiger charge is -2.30. The fourth-order valence-corrected chi connectivity index (χ4v) is 4.64. The Balaban J connectivity index is 1.72. The highest BCUT2D eigenvalue weighted by Gasteiger charge is 2.67. The van der Waals surface area contributed by atoms with Gasteiger partial charge in [-0.3, -0.25) is 9.59 Å². The number of carboxylic acid groups (broad SMARTS) is 1. The van der Waals surface area contributed by atoms with Gasteiger partial charge in [0.05, 0.1) is 11.8 Å². The number of rotatable bonds is 3. The van der Waals surface area contributed by atoms with Gasteiger partial charge in [-0.15, -0.1) is 0 Å². The van der Waals surface area contributed by atoms with Gasteiger partial charge >= 0.3 is 5.97 Å². The van der Waals surface area contributed by atoms with Crippen molar-refractivity contribution >= 4 is 11.9 Å². The number of likely N-dealkylation sites (tertiary alicyclic amines) is 1. The van der Waals surface area contributed by atoms with Crippen molar-refractivity contribution in [3.8, 4) is 0 Å². The van der Waals surface area contributed by atoms with Gasteiger partial charge < -0.3 is 10.0 Å². The van der Waals surface area contributed by atoms with E-state index in [1.807, 2.05) is 18.7 Å². The van der Waals surface area contributed by atoms with Crippen molar-refractivity contribution in [3.63, 3.8) is 0 Å². The molecule has 4 nitrogen and oxygen atoms in total. The van der Waals surface area contributed by atoms with E-state index < -0.39 is 11.9 Å². The van der Waals surface area contributed by atoms with Crippen molar-refractivity contribution in [1.29, 1.82) is 0 Å². The second-order valence-electron chi connectivity index (χ2n) is 7.40. The first kappa shape index (κ1) is 13.9. The first-order valence-electron chi connectivity index (χ1n) is 7.98. The number of aliphatic carboxylic acids is 1. The lowest BCUT2D eigenvalue weighted by atomic mass is 9.95. The fourth-order valence-electron chi connectivity index (χ4n) is 4.64. The summed E-state index contributed by atoms with van der Waals surface area (Å²) < 4.78 is 0. The number of amides is 1. The second kappa shape index (κ2) is 4.74. The van der Waals surface area contributed by atoms with E-state index in [1.165, 1.54) is 25.7 Å². The molecule has 0 radical (unpaired) electrons. The van der Waals surface area contributed by atoms with Crippen LogP contribution in [0.3, 0.4) is 0 Å². The molecule has 1 aliphatic heterocycles. The van der Waals surface area contributed by atoms with E-state index in [4.69, 9.17) is 0 Å². The summed E-state index contributed by atoms with van der Waals surface area (Å²) in [5.74, 6) is -0.838. The molecule has 1 N–H and O–H groups in total. The topological polar surface area (TPSA) is 57.6 Å². The first-order chi connectivity index (χ1) is 9.44. The van der Waals surface area contributed by atoms with Crippen LogP contribution in [0, 0.1) is 23.2 Å². The van der Waals surface area contributed by atoms with Crippen LogP contribution >= 0.6 is 0 Å². The highest BCUT2D eigenvalue weighted by Crippen LogP contribution is 2.59. The molecule has 0 spiro atoms. The highest BCUT2D eigenvalue weighted by molar-refractivity contribution is 5.92. The van der Waals surface area contributed by atoms with Gasteiger partial charge in [-0.05, 0) is 37.0 Å². The maximum absolute atomic E-state index is 12.8. The van der Waals surface area contributed by atoms with Gasteiger partial charge in [0.1, 0.15) is 0 Å². The molecule has 112 valence electrons. The van der Waals surface area contributed by atoms with Crippen molar-refractivity contribution in [2.45, 2.75) is 58.4 Å². The van der Waals surface area contributed by atoms with E-state index in [0.29, 0.717) is 12.0 Å². The Morgan fingerprint density at radius 3 is 2.25 bits per heavy atom. The molecule has 3 aliphatic rings. The normalized spacial score (nSPS) is 36.3. The lowest BCUT2D eigenvalue weighted by molar-refractivity contribution is -0.142. The Hall–Kier alpha value is -1.06. The van der Waals surface area contributed by atoms with Crippen LogP contribution in [0.5, 0.6) is 0 Å². The van der Waals surface area contributed by atoms with Crippen LogP contribution in [0.4, 0.5) is 0 Å². The van der Waals surface area contributed by atoms with Gasteiger partial charge in [-0.25, -0.2) is 0 Å². The van der Waals surface area contributed by atoms with Gasteiger partial charge in [-0.1, -0.05) is 26.7 Å². The van der Waals surface area contributed by atoms with Crippen LogP contribution in [0.1, 0.15) is 52.4 Å². The fraction of sp³-hybridized carbons (Fsp3) is 0.875. The predicted octanol–water partition coefficient (Wildman–Crippen LogP) is 2.52. The molecule has 20 heavy (non-hydrogen) atoms. The largest absolute Gasteiger partial charge is 0.481 e. The summed E-state index contributed by atoms with van der Waals surface area (Å²) in [5.41, 5.74) is -0.369. The summed E-state index contributed by atoms with van der Waals surface area (Å²) in [6.07, 6.45) is 7.25. The molecule has 2 saturated carbocycles. The zero-order valence-corrected chi connectivity index (χ0v) is 12.5. The minimum Gasteiger partial charge on any atom is -0.481 e.